The van der Waals surface area contributed by atoms with Crippen LogP contribution in [0.5, 0.6) is 0 Å². The number of nitrogens with zero attached hydrogens (tertiary/aromatic N) is 4. The summed E-state index contributed by atoms with van der Waals surface area (Å²) in [5.74, 6) is -1.27. The van der Waals surface area contributed by atoms with Crippen molar-refractivity contribution in [1.29, 1.82) is 0 Å². The molecular weight excluding hydrogens is 460 g/mol. The second-order valence-electron chi connectivity index (χ2n) is 9.15. The van der Waals surface area contributed by atoms with E-state index in [1.54, 1.807) is 11.7 Å². The lowest BCUT2D eigenvalue weighted by atomic mass is 10.1. The molecule has 9 nitrogen and oxygen atoms in total. The summed E-state index contributed by atoms with van der Waals surface area (Å²) in [6.07, 6.45) is 3.43. The number of oxazole rings is 1. The minimum absolute atomic E-state index is 0.219. The minimum Gasteiger partial charge on any atom is -0.477 e. The Hall–Kier alpha value is -4.11. The van der Waals surface area contributed by atoms with Crippen molar-refractivity contribution in [3.8, 4) is 16.9 Å². The number of benzene rings is 2. The second kappa shape index (κ2) is 9.50. The van der Waals surface area contributed by atoms with Crippen LogP contribution in [-0.2, 0) is 4.74 Å². The van der Waals surface area contributed by atoms with E-state index >= 15 is 0 Å². The van der Waals surface area contributed by atoms with Crippen LogP contribution in [0.25, 0.3) is 28.0 Å². The highest BCUT2D eigenvalue weighted by molar-refractivity contribution is 5.88. The van der Waals surface area contributed by atoms with Gasteiger partial charge in [-0.25, -0.2) is 4.79 Å². The summed E-state index contributed by atoms with van der Waals surface area (Å²) >= 11 is 0. The Morgan fingerprint density at radius 2 is 1.97 bits per heavy atom. The average molecular weight is 489 g/mol. The fourth-order valence-corrected chi connectivity index (χ4v) is 4.69. The van der Waals surface area contributed by atoms with Crippen LogP contribution < -0.4 is 15.2 Å². The van der Waals surface area contributed by atoms with Gasteiger partial charge in [0, 0.05) is 57.5 Å². The third kappa shape index (κ3) is 4.33. The number of fused-ring (bicyclic) bond motifs is 1. The van der Waals surface area contributed by atoms with Gasteiger partial charge in [0.2, 0.25) is 0 Å². The molecule has 186 valence electrons. The number of anilines is 2. The summed E-state index contributed by atoms with van der Waals surface area (Å²) in [7, 11) is 5.59. The van der Waals surface area contributed by atoms with Crippen LogP contribution in [0.3, 0.4) is 0 Å². The molecule has 1 fully saturated rings. The van der Waals surface area contributed by atoms with Crippen LogP contribution >= 0.6 is 0 Å². The molecule has 9 heteroatoms. The molecule has 1 unspecified atom stereocenters. The number of pyridine rings is 1. The predicted octanol–water partition coefficient (Wildman–Crippen LogP) is 4.03. The van der Waals surface area contributed by atoms with E-state index in [0.29, 0.717) is 35.1 Å². The van der Waals surface area contributed by atoms with Gasteiger partial charge < -0.3 is 28.6 Å². The highest BCUT2D eigenvalue weighted by atomic mass is 16.5. The highest BCUT2D eigenvalue weighted by Crippen LogP contribution is 2.31. The first-order valence-corrected chi connectivity index (χ1v) is 11.8. The number of aromatic nitrogens is 2. The number of methoxy groups -OCH3 is 1. The van der Waals surface area contributed by atoms with Crippen molar-refractivity contribution in [1.82, 2.24) is 9.55 Å². The van der Waals surface area contributed by atoms with E-state index in [9.17, 15) is 14.7 Å². The topological polar surface area (TPSA) is 101 Å². The lowest BCUT2D eigenvalue weighted by Gasteiger charge is -2.21. The van der Waals surface area contributed by atoms with Crippen LogP contribution in [0.4, 0.5) is 11.7 Å². The van der Waals surface area contributed by atoms with Crippen molar-refractivity contribution in [2.75, 3.05) is 44.2 Å². The van der Waals surface area contributed by atoms with Crippen LogP contribution in [-0.4, -0.2) is 61.0 Å². The van der Waals surface area contributed by atoms with E-state index in [1.807, 2.05) is 61.5 Å². The number of aromatic carboxylic acids is 1. The third-order valence-electron chi connectivity index (χ3n) is 6.58. The molecule has 4 aromatic rings. The minimum atomic E-state index is -1.27. The van der Waals surface area contributed by atoms with Gasteiger partial charge in [0.25, 0.3) is 6.01 Å². The van der Waals surface area contributed by atoms with Gasteiger partial charge in [-0.05, 0) is 42.7 Å². The number of carboxylic acids is 1. The maximum atomic E-state index is 12.6. The van der Waals surface area contributed by atoms with Crippen molar-refractivity contribution < 1.29 is 19.1 Å². The normalized spacial score (nSPS) is 15.5. The molecule has 0 spiro atoms. The molecular formula is C27H28N4O5. The van der Waals surface area contributed by atoms with E-state index in [1.165, 1.54) is 12.3 Å². The van der Waals surface area contributed by atoms with Crippen molar-refractivity contribution in [3.63, 3.8) is 0 Å². The molecule has 1 N–H and O–H groups in total. The zero-order chi connectivity index (χ0) is 25.4. The summed E-state index contributed by atoms with van der Waals surface area (Å²) in [5.41, 5.74) is 3.46. The van der Waals surface area contributed by atoms with E-state index < -0.39 is 11.4 Å². The molecule has 0 saturated carbocycles. The molecule has 0 aliphatic carbocycles. The lowest BCUT2D eigenvalue weighted by molar-refractivity contribution is 0.0695. The first kappa shape index (κ1) is 23.6. The van der Waals surface area contributed by atoms with Crippen molar-refractivity contribution in [2.45, 2.75) is 18.9 Å². The number of carbonyl (C=O) groups is 1. The first-order chi connectivity index (χ1) is 17.4. The average Bonchev–Trinajstić information content (AvgIpc) is 3.50. The zero-order valence-electron chi connectivity index (χ0n) is 20.5. The Balaban J connectivity index is 1.61. The van der Waals surface area contributed by atoms with Gasteiger partial charge in [-0.15, -0.1) is 0 Å². The molecule has 1 aliphatic heterocycles. The van der Waals surface area contributed by atoms with Crippen molar-refractivity contribution >= 4 is 28.8 Å². The second-order valence-corrected chi connectivity index (χ2v) is 9.15. The summed E-state index contributed by atoms with van der Waals surface area (Å²) in [4.78, 5) is 33.2. The van der Waals surface area contributed by atoms with E-state index in [0.717, 1.165) is 30.6 Å². The van der Waals surface area contributed by atoms with Crippen LogP contribution in [0.15, 0.2) is 63.9 Å². The molecule has 3 heterocycles. The first-order valence-electron chi connectivity index (χ1n) is 11.8. The Kier molecular flexibility index (Phi) is 6.24. The number of ether oxygens (including phenoxy) is 1. The largest absolute Gasteiger partial charge is 0.477 e. The summed E-state index contributed by atoms with van der Waals surface area (Å²) in [6.45, 7) is 1.46. The molecule has 1 aliphatic rings. The van der Waals surface area contributed by atoms with Crippen molar-refractivity contribution in [3.05, 3.63) is 70.5 Å². The Morgan fingerprint density at radius 1 is 1.19 bits per heavy atom. The third-order valence-corrected chi connectivity index (χ3v) is 6.58. The van der Waals surface area contributed by atoms with Gasteiger partial charge >= 0.3 is 5.97 Å². The predicted molar refractivity (Wildman–Crippen MR) is 139 cm³/mol. The number of carboxylic acid groups (broad SMARTS) is 1. The highest BCUT2D eigenvalue weighted by Gasteiger charge is 2.28. The SMILES string of the molecule is COCC1CCCN1c1nc2ccc(-n3cc(C(=O)O)c(=O)cc3-c3ccc(N(C)C)cc3)cc2o1. The van der Waals surface area contributed by atoms with Gasteiger partial charge in [-0.1, -0.05) is 12.1 Å². The molecule has 0 radical (unpaired) electrons. The number of hydrogen-bond acceptors (Lipinski definition) is 7. The molecule has 1 saturated heterocycles. The Labute approximate surface area is 208 Å². The standard InChI is InChI=1S/C27H28N4O5/c1-29(2)18-8-6-17(7-9-18)23-14-24(32)21(26(33)34)15-31(23)19-10-11-22-25(13-19)36-27(28-22)30-12-4-5-20(30)16-35-3/h6-11,13-15,20H,4-5,12,16H2,1-3H3,(H,33,34). The van der Waals surface area contributed by atoms with Crippen LogP contribution in [0, 0.1) is 0 Å². The maximum Gasteiger partial charge on any atom is 0.341 e. The molecule has 1 atom stereocenters. The van der Waals surface area contributed by atoms with E-state index in [2.05, 4.69) is 9.88 Å². The molecule has 5 rings (SSSR count). The Bertz CT molecular complexity index is 1470. The molecule has 0 bridgehead atoms. The van der Waals surface area contributed by atoms with Crippen LogP contribution in [0.2, 0.25) is 0 Å². The lowest BCUT2D eigenvalue weighted by Crippen LogP contribution is -2.32. The zero-order valence-corrected chi connectivity index (χ0v) is 20.5. The van der Waals surface area contributed by atoms with E-state index in [-0.39, 0.29) is 11.6 Å². The monoisotopic (exact) mass is 488 g/mol. The number of hydrogen-bond donors (Lipinski definition) is 1. The van der Waals surface area contributed by atoms with Gasteiger partial charge in [0.15, 0.2) is 11.0 Å². The Morgan fingerprint density at radius 3 is 2.67 bits per heavy atom. The fraction of sp³-hybridized carbons (Fsp3) is 0.296. The van der Waals surface area contributed by atoms with Gasteiger partial charge in [0.05, 0.1) is 18.3 Å². The maximum absolute atomic E-state index is 12.6. The summed E-state index contributed by atoms with van der Waals surface area (Å²) < 4.78 is 13.2. The molecule has 2 aromatic carbocycles. The molecule has 36 heavy (non-hydrogen) atoms. The van der Waals surface area contributed by atoms with Crippen LogP contribution in [0.1, 0.15) is 23.2 Å². The molecule has 0 amide bonds. The number of rotatable bonds is 7. The summed E-state index contributed by atoms with van der Waals surface area (Å²) in [5, 5.41) is 9.60. The fourth-order valence-electron chi connectivity index (χ4n) is 4.69. The summed E-state index contributed by atoms with van der Waals surface area (Å²) in [6, 6.07) is 15.4. The van der Waals surface area contributed by atoms with Crippen molar-refractivity contribution in [2.24, 2.45) is 0 Å². The quantitative estimate of drug-likeness (QED) is 0.416. The van der Waals surface area contributed by atoms with E-state index in [4.69, 9.17) is 9.15 Å². The van der Waals surface area contributed by atoms with Gasteiger partial charge in [0.1, 0.15) is 11.1 Å². The smallest absolute Gasteiger partial charge is 0.341 e. The van der Waals surface area contributed by atoms with Gasteiger partial charge in [-0.2, -0.15) is 4.98 Å². The van der Waals surface area contributed by atoms with Gasteiger partial charge in [-0.3, -0.25) is 4.79 Å². The molecule has 2 aromatic heterocycles.